The molecule has 0 aromatic heterocycles. The van der Waals surface area contributed by atoms with Crippen molar-refractivity contribution in [1.29, 1.82) is 0 Å². The highest BCUT2D eigenvalue weighted by molar-refractivity contribution is 7.45. The van der Waals surface area contributed by atoms with Gasteiger partial charge < -0.3 is 48.0 Å². The molecule has 0 aromatic carbocycles. The summed E-state index contributed by atoms with van der Waals surface area (Å²) in [6, 6.07) is 0. The smallest absolute Gasteiger partial charge is 0.305 e. The maximum atomic E-state index is 12.6. The van der Waals surface area contributed by atoms with Crippen LogP contribution in [-0.2, 0) is 32.6 Å². The minimum absolute atomic E-state index is 0.0194. The number of aliphatic hydroxyl groups is 3. The highest BCUT2D eigenvalue weighted by Gasteiger charge is 2.35. The van der Waals surface area contributed by atoms with Gasteiger partial charge in [0.15, 0.2) is 12.4 Å². The van der Waals surface area contributed by atoms with Crippen molar-refractivity contribution in [2.75, 3.05) is 47.5 Å². The van der Waals surface area contributed by atoms with Gasteiger partial charge in [-0.2, -0.15) is 0 Å². The third kappa shape index (κ3) is 32.5. The lowest BCUT2D eigenvalue weighted by molar-refractivity contribution is -0.870. The van der Waals surface area contributed by atoms with Crippen LogP contribution in [0.4, 0.5) is 0 Å². The number of phosphoric acid groups is 1. The molecule has 3 N–H and O–H groups in total. The number of carbonyl (C=O) groups excluding carboxylic acids is 1. The lowest BCUT2D eigenvalue weighted by Crippen LogP contribution is -2.43. The Morgan fingerprint density at radius 2 is 1.41 bits per heavy atom. The molecule has 7 atom stereocenters. The predicted molar refractivity (Wildman–Crippen MR) is 234 cm³/mol. The van der Waals surface area contributed by atoms with Crippen molar-refractivity contribution in [3.05, 3.63) is 48.8 Å². The topological polar surface area (TPSA) is 164 Å². The van der Waals surface area contributed by atoms with E-state index in [4.69, 9.17) is 23.3 Å². The van der Waals surface area contributed by atoms with Crippen molar-refractivity contribution < 1.29 is 57.3 Å². The first-order valence-corrected chi connectivity index (χ1v) is 24.3. The van der Waals surface area contributed by atoms with Crippen molar-refractivity contribution in [3.63, 3.8) is 0 Å². The van der Waals surface area contributed by atoms with Crippen LogP contribution in [0.15, 0.2) is 48.8 Å². The molecule has 13 heteroatoms. The van der Waals surface area contributed by atoms with Crippen molar-refractivity contribution in [3.8, 4) is 0 Å². The van der Waals surface area contributed by atoms with Gasteiger partial charge in [-0.05, 0) is 70.3 Å². The molecule has 1 saturated heterocycles. The van der Waals surface area contributed by atoms with Gasteiger partial charge in [0, 0.05) is 18.8 Å². The van der Waals surface area contributed by atoms with E-state index in [-0.39, 0.29) is 38.6 Å². The summed E-state index contributed by atoms with van der Waals surface area (Å²) in [4.78, 5) is 25.0. The van der Waals surface area contributed by atoms with Crippen molar-refractivity contribution in [2.24, 2.45) is 5.92 Å². The van der Waals surface area contributed by atoms with Crippen LogP contribution in [0.25, 0.3) is 0 Å². The van der Waals surface area contributed by atoms with Crippen LogP contribution in [0.2, 0.25) is 0 Å². The second-order valence-corrected chi connectivity index (χ2v) is 18.4. The molecular weight excluding hydrogens is 773 g/mol. The lowest BCUT2D eigenvalue weighted by atomic mass is 9.87. The number of carbonyl (C=O) groups is 1. The molecule has 0 saturated carbocycles. The monoisotopic (exact) mass is 858 g/mol. The highest BCUT2D eigenvalue weighted by Crippen LogP contribution is 2.38. The maximum absolute atomic E-state index is 12.6. The number of allylic oxidation sites excluding steroid dienone is 5. The molecule has 1 heterocycles. The van der Waals surface area contributed by atoms with Crippen molar-refractivity contribution >= 4 is 13.8 Å². The Bertz CT molecular complexity index is 1200. The molecule has 0 radical (unpaired) electrons. The molecule has 0 aromatic rings. The van der Waals surface area contributed by atoms with Crippen LogP contribution < -0.4 is 4.89 Å². The number of nitrogens with zero attached hydrogens (tertiary/aromatic N) is 1. The van der Waals surface area contributed by atoms with E-state index in [2.05, 4.69) is 26.0 Å². The summed E-state index contributed by atoms with van der Waals surface area (Å²) in [5.41, 5.74) is 0. The first-order chi connectivity index (χ1) is 28.3. The molecule has 0 spiro atoms. The Morgan fingerprint density at radius 3 is 2.07 bits per heavy atom. The van der Waals surface area contributed by atoms with E-state index in [1.807, 2.05) is 39.4 Å². The van der Waals surface area contributed by atoms with Crippen molar-refractivity contribution in [2.45, 2.75) is 186 Å². The number of rotatable bonds is 37. The SMILES string of the molecule is CCCCCC/C=C\CCCCCCCC/C=C/O[C@H](COC(=O)CCC/C=C\C[C@H]1[C@@H](O)CC(O)O[C@@H]1/C=C/[C@@H](O)CCCCC)COP(=O)([O-])OCC[N+](C)(C)C. The summed E-state index contributed by atoms with van der Waals surface area (Å²) >= 11 is 0. The Morgan fingerprint density at radius 1 is 0.814 bits per heavy atom. The number of hydrogen-bond donors (Lipinski definition) is 3. The van der Waals surface area contributed by atoms with Crippen LogP contribution in [0, 0.1) is 5.92 Å². The summed E-state index contributed by atoms with van der Waals surface area (Å²) in [5, 5.41) is 31.0. The van der Waals surface area contributed by atoms with Gasteiger partial charge in [-0.1, -0.05) is 115 Å². The number of likely N-dealkylation sites (N-methyl/N-ethyl adjacent to an activating group) is 1. The summed E-state index contributed by atoms with van der Waals surface area (Å²) in [7, 11) is 1.20. The van der Waals surface area contributed by atoms with E-state index in [9.17, 15) is 29.6 Å². The normalized spacial score (nSPS) is 21.2. The van der Waals surface area contributed by atoms with E-state index >= 15 is 0 Å². The zero-order valence-corrected chi connectivity index (χ0v) is 38.4. The van der Waals surface area contributed by atoms with E-state index < -0.39 is 44.5 Å². The number of hydrogen-bond acceptors (Lipinski definition) is 11. The van der Waals surface area contributed by atoms with Gasteiger partial charge in [0.2, 0.25) is 0 Å². The fourth-order valence-electron chi connectivity index (χ4n) is 6.50. The van der Waals surface area contributed by atoms with Gasteiger partial charge in [0.05, 0.1) is 52.3 Å². The van der Waals surface area contributed by atoms with Crippen LogP contribution in [0.3, 0.4) is 0 Å². The third-order valence-electron chi connectivity index (χ3n) is 10.2. The summed E-state index contributed by atoms with van der Waals surface area (Å²) in [6.07, 6.45) is 32.7. The van der Waals surface area contributed by atoms with E-state index in [0.29, 0.717) is 36.7 Å². The quantitative estimate of drug-likeness (QED) is 0.0136. The van der Waals surface area contributed by atoms with Gasteiger partial charge in [-0.3, -0.25) is 9.36 Å². The number of quaternary nitrogens is 1. The molecule has 0 bridgehead atoms. The average Bonchev–Trinajstić information content (AvgIpc) is 3.17. The summed E-state index contributed by atoms with van der Waals surface area (Å²) in [5.74, 6) is -0.719. The number of unbranched alkanes of at least 4 members (excludes halogenated alkanes) is 14. The predicted octanol–water partition coefficient (Wildman–Crippen LogP) is 8.98. The molecule has 1 aliphatic rings. The third-order valence-corrected chi connectivity index (χ3v) is 11.2. The zero-order valence-electron chi connectivity index (χ0n) is 37.5. The largest absolute Gasteiger partial charge is 0.756 e. The van der Waals surface area contributed by atoms with Gasteiger partial charge in [-0.25, -0.2) is 0 Å². The van der Waals surface area contributed by atoms with Crippen molar-refractivity contribution in [1.82, 2.24) is 0 Å². The van der Waals surface area contributed by atoms with Crippen LogP contribution in [0.1, 0.15) is 155 Å². The van der Waals surface area contributed by atoms with E-state index in [1.54, 1.807) is 12.2 Å². The van der Waals surface area contributed by atoms with E-state index in [0.717, 1.165) is 38.5 Å². The lowest BCUT2D eigenvalue weighted by Gasteiger charge is -2.36. The Labute approximate surface area is 358 Å². The van der Waals surface area contributed by atoms with E-state index in [1.165, 1.54) is 70.5 Å². The molecule has 2 unspecified atom stereocenters. The Kier molecular flexibility index (Phi) is 32.4. The Balaban J connectivity index is 2.50. The first-order valence-electron chi connectivity index (χ1n) is 22.8. The molecule has 59 heavy (non-hydrogen) atoms. The molecule has 1 rings (SSSR count). The molecule has 0 aliphatic carbocycles. The first kappa shape index (κ1) is 55.2. The molecule has 0 amide bonds. The van der Waals surface area contributed by atoms with Gasteiger partial charge in [0.1, 0.15) is 19.8 Å². The zero-order chi connectivity index (χ0) is 43.6. The second kappa shape index (κ2) is 34.7. The Hall–Kier alpha value is -1.86. The number of aliphatic hydroxyl groups excluding tert-OH is 3. The molecule has 1 aliphatic heterocycles. The van der Waals surface area contributed by atoms with Crippen LogP contribution >= 0.6 is 7.82 Å². The number of esters is 1. The van der Waals surface area contributed by atoms with Crippen LogP contribution in [0.5, 0.6) is 0 Å². The minimum Gasteiger partial charge on any atom is -0.756 e. The van der Waals surface area contributed by atoms with Gasteiger partial charge in [-0.15, -0.1) is 0 Å². The standard InChI is InChI=1S/C46H84NO11P/c1-6-8-10-11-12-13-14-15-16-17-18-19-20-21-24-28-35-54-41(39-57-59(52,53)56-36-34-47(3,4)5)38-55-45(50)31-27-23-22-26-30-42-43(49)37-46(51)58-44(42)33-32-40(48)29-25-9-7-2/h13-14,22,26,28,32-33,35,40-44,46,48-49,51H,6-12,15-21,23-25,27,29-31,34,36-39H2,1-5H3/b14-13-,26-22-,33-32+,35-28+/t40-,41+,42-,43-,44+,46?/m0/s1. The molecule has 1 fully saturated rings. The fraction of sp³-hybridized carbons (Fsp3) is 0.804. The summed E-state index contributed by atoms with van der Waals surface area (Å²) in [6.45, 7) is 4.27. The fourth-order valence-corrected chi connectivity index (χ4v) is 7.23. The second-order valence-electron chi connectivity index (χ2n) is 17.0. The molecule has 12 nitrogen and oxygen atoms in total. The number of ether oxygens (including phenoxy) is 3. The highest BCUT2D eigenvalue weighted by atomic mass is 31.2. The number of phosphoric ester groups is 1. The molecular formula is C46H84NO11P. The van der Waals surface area contributed by atoms with Gasteiger partial charge in [0.25, 0.3) is 7.82 Å². The summed E-state index contributed by atoms with van der Waals surface area (Å²) < 4.78 is 40.0. The van der Waals surface area contributed by atoms with Crippen LogP contribution in [-0.4, -0.2) is 104 Å². The minimum atomic E-state index is -4.59. The average molecular weight is 858 g/mol. The molecule has 344 valence electrons. The maximum Gasteiger partial charge on any atom is 0.305 e. The van der Waals surface area contributed by atoms with Gasteiger partial charge >= 0.3 is 5.97 Å².